The highest BCUT2D eigenvalue weighted by Crippen LogP contribution is 2.25. The van der Waals surface area contributed by atoms with Crippen LogP contribution in [0, 0.1) is 17.2 Å². The Hall–Kier alpha value is -1.24. The summed E-state index contributed by atoms with van der Waals surface area (Å²) < 4.78 is 0. The van der Waals surface area contributed by atoms with Crippen LogP contribution in [0.1, 0.15) is 32.3 Å². The van der Waals surface area contributed by atoms with E-state index in [1.54, 1.807) is 6.07 Å². The topological polar surface area (TPSA) is 39.1 Å². The third-order valence-electron chi connectivity index (χ3n) is 3.67. The number of anilines is 1. The summed E-state index contributed by atoms with van der Waals surface area (Å²) in [6, 6.07) is 8.01. The fourth-order valence-corrected chi connectivity index (χ4v) is 2.93. The molecular formula is C16H22ClN3. The van der Waals surface area contributed by atoms with E-state index in [-0.39, 0.29) is 0 Å². The number of nitrogens with zero attached hydrogens (tertiary/aromatic N) is 2. The minimum absolute atomic E-state index is 0.476. The largest absolute Gasteiger partial charge is 0.381 e. The Morgan fingerprint density at radius 3 is 2.65 bits per heavy atom. The van der Waals surface area contributed by atoms with E-state index in [2.05, 4.69) is 30.1 Å². The normalized spacial score (nSPS) is 17.1. The van der Waals surface area contributed by atoms with Crippen LogP contribution in [0.4, 0.5) is 5.69 Å². The Morgan fingerprint density at radius 1 is 1.40 bits per heavy atom. The molecule has 1 aliphatic rings. The van der Waals surface area contributed by atoms with Gasteiger partial charge in [-0.05, 0) is 37.0 Å². The highest BCUT2D eigenvalue weighted by molar-refractivity contribution is 6.33. The van der Waals surface area contributed by atoms with Crippen molar-refractivity contribution in [1.82, 2.24) is 4.90 Å². The van der Waals surface area contributed by atoms with Gasteiger partial charge in [0, 0.05) is 25.7 Å². The van der Waals surface area contributed by atoms with Gasteiger partial charge < -0.3 is 10.2 Å². The maximum absolute atomic E-state index is 8.84. The Balaban J connectivity index is 1.88. The van der Waals surface area contributed by atoms with Crippen LogP contribution >= 0.6 is 11.6 Å². The lowest BCUT2D eigenvalue weighted by atomic mass is 10.0. The summed E-state index contributed by atoms with van der Waals surface area (Å²) in [6.07, 6.45) is 2.28. The predicted octanol–water partition coefficient (Wildman–Crippen LogP) is 3.74. The Morgan fingerprint density at radius 2 is 2.10 bits per heavy atom. The molecule has 4 heteroatoms. The van der Waals surface area contributed by atoms with Gasteiger partial charge in [0.1, 0.15) is 0 Å². The van der Waals surface area contributed by atoms with Gasteiger partial charge >= 0.3 is 0 Å². The van der Waals surface area contributed by atoms with Crippen LogP contribution in [-0.2, 0) is 0 Å². The van der Waals surface area contributed by atoms with Gasteiger partial charge in [-0.15, -0.1) is 0 Å². The highest BCUT2D eigenvalue weighted by Gasteiger charge is 2.20. The van der Waals surface area contributed by atoms with Crippen LogP contribution in [-0.4, -0.2) is 30.6 Å². The van der Waals surface area contributed by atoms with Gasteiger partial charge in [-0.1, -0.05) is 25.4 Å². The average Bonchev–Trinajstić information content (AvgIpc) is 2.42. The smallest absolute Gasteiger partial charge is 0.0992 e. The lowest BCUT2D eigenvalue weighted by Crippen LogP contribution is -2.40. The second-order valence-electron chi connectivity index (χ2n) is 5.92. The molecule has 0 bridgehead atoms. The number of halogens is 1. The average molecular weight is 292 g/mol. The zero-order valence-electron chi connectivity index (χ0n) is 12.2. The van der Waals surface area contributed by atoms with E-state index >= 15 is 0 Å². The first kappa shape index (κ1) is 15.2. The standard InChI is InChI=1S/C16H22ClN3/c1-12(2)11-20-7-5-14(6-8-20)19-16-4-3-13(10-18)9-15(16)17/h3-4,9,12,14,19H,5-8,11H2,1-2H3. The molecule has 0 aromatic heterocycles. The zero-order chi connectivity index (χ0) is 14.5. The van der Waals surface area contributed by atoms with Crippen LogP contribution < -0.4 is 5.32 Å². The number of hydrogen-bond acceptors (Lipinski definition) is 3. The Labute approximate surface area is 126 Å². The molecule has 1 fully saturated rings. The van der Waals surface area contributed by atoms with Crippen molar-refractivity contribution in [1.29, 1.82) is 5.26 Å². The number of rotatable bonds is 4. The Bertz CT molecular complexity index is 485. The zero-order valence-corrected chi connectivity index (χ0v) is 13.0. The number of piperidine rings is 1. The molecule has 1 heterocycles. The van der Waals surface area contributed by atoms with Gasteiger partial charge in [-0.3, -0.25) is 0 Å². The van der Waals surface area contributed by atoms with Gasteiger partial charge in [-0.2, -0.15) is 5.26 Å². The minimum atomic E-state index is 0.476. The molecule has 0 radical (unpaired) electrons. The van der Waals surface area contributed by atoms with Crippen LogP contribution in [0.3, 0.4) is 0 Å². The summed E-state index contributed by atoms with van der Waals surface area (Å²) in [5.74, 6) is 0.729. The molecule has 0 saturated carbocycles. The molecular weight excluding hydrogens is 270 g/mol. The van der Waals surface area contributed by atoms with Gasteiger partial charge in [0.05, 0.1) is 22.3 Å². The SMILES string of the molecule is CC(C)CN1CCC(Nc2ccc(C#N)cc2Cl)CC1. The summed E-state index contributed by atoms with van der Waals surface area (Å²) in [7, 11) is 0. The molecule has 1 aliphatic heterocycles. The second-order valence-corrected chi connectivity index (χ2v) is 6.33. The number of hydrogen-bond donors (Lipinski definition) is 1. The number of nitriles is 1. The van der Waals surface area contributed by atoms with Crippen molar-refractivity contribution in [2.75, 3.05) is 25.0 Å². The van der Waals surface area contributed by atoms with Gasteiger partial charge in [0.25, 0.3) is 0 Å². The van der Waals surface area contributed by atoms with E-state index in [1.807, 2.05) is 12.1 Å². The second kappa shape index (κ2) is 6.97. The molecule has 1 saturated heterocycles. The van der Waals surface area contributed by atoms with Crippen LogP contribution in [0.5, 0.6) is 0 Å². The maximum Gasteiger partial charge on any atom is 0.0992 e. The van der Waals surface area contributed by atoms with E-state index in [0.29, 0.717) is 16.6 Å². The fraction of sp³-hybridized carbons (Fsp3) is 0.562. The molecule has 0 aliphatic carbocycles. The predicted molar refractivity (Wildman–Crippen MR) is 84.1 cm³/mol. The number of likely N-dealkylation sites (tertiary alicyclic amines) is 1. The van der Waals surface area contributed by atoms with Gasteiger partial charge in [0.2, 0.25) is 0 Å². The lowest BCUT2D eigenvalue weighted by Gasteiger charge is -2.33. The monoisotopic (exact) mass is 291 g/mol. The molecule has 1 aromatic rings. The molecule has 1 N–H and O–H groups in total. The lowest BCUT2D eigenvalue weighted by molar-refractivity contribution is 0.198. The van der Waals surface area contributed by atoms with E-state index < -0.39 is 0 Å². The first-order valence-electron chi connectivity index (χ1n) is 7.27. The minimum Gasteiger partial charge on any atom is -0.381 e. The van der Waals surface area contributed by atoms with Crippen molar-refractivity contribution < 1.29 is 0 Å². The number of nitrogens with one attached hydrogen (secondary N) is 1. The van der Waals surface area contributed by atoms with Crippen LogP contribution in [0.15, 0.2) is 18.2 Å². The maximum atomic E-state index is 8.84. The van der Waals surface area contributed by atoms with Crippen molar-refractivity contribution >= 4 is 17.3 Å². The van der Waals surface area contributed by atoms with Crippen LogP contribution in [0.2, 0.25) is 5.02 Å². The molecule has 20 heavy (non-hydrogen) atoms. The highest BCUT2D eigenvalue weighted by atomic mass is 35.5. The third kappa shape index (κ3) is 4.13. The summed E-state index contributed by atoms with van der Waals surface area (Å²) in [6.45, 7) is 8.00. The van der Waals surface area contributed by atoms with Crippen molar-refractivity contribution in [3.63, 3.8) is 0 Å². The first-order chi connectivity index (χ1) is 9.58. The van der Waals surface area contributed by atoms with Crippen molar-refractivity contribution in [2.45, 2.75) is 32.7 Å². The van der Waals surface area contributed by atoms with Crippen molar-refractivity contribution in [3.8, 4) is 6.07 Å². The van der Waals surface area contributed by atoms with E-state index in [9.17, 15) is 0 Å². The summed E-state index contributed by atoms with van der Waals surface area (Å²) in [5.41, 5.74) is 1.54. The molecule has 0 spiro atoms. The van der Waals surface area contributed by atoms with E-state index in [4.69, 9.17) is 16.9 Å². The number of benzene rings is 1. The molecule has 0 unspecified atom stereocenters. The molecule has 0 amide bonds. The molecule has 108 valence electrons. The Kier molecular flexibility index (Phi) is 5.28. The van der Waals surface area contributed by atoms with Crippen LogP contribution in [0.25, 0.3) is 0 Å². The summed E-state index contributed by atoms with van der Waals surface area (Å²) in [4.78, 5) is 2.53. The molecule has 1 aromatic carbocycles. The first-order valence-corrected chi connectivity index (χ1v) is 7.65. The van der Waals surface area contributed by atoms with Crippen molar-refractivity contribution in [2.24, 2.45) is 5.92 Å². The summed E-state index contributed by atoms with van der Waals surface area (Å²) in [5, 5.41) is 13.0. The van der Waals surface area contributed by atoms with Crippen molar-refractivity contribution in [3.05, 3.63) is 28.8 Å². The summed E-state index contributed by atoms with van der Waals surface area (Å²) >= 11 is 6.20. The third-order valence-corrected chi connectivity index (χ3v) is 3.98. The van der Waals surface area contributed by atoms with E-state index in [1.165, 1.54) is 6.54 Å². The molecule has 3 nitrogen and oxygen atoms in total. The fourth-order valence-electron chi connectivity index (χ4n) is 2.70. The van der Waals surface area contributed by atoms with E-state index in [0.717, 1.165) is 37.5 Å². The quantitative estimate of drug-likeness (QED) is 0.918. The van der Waals surface area contributed by atoms with Gasteiger partial charge in [0.15, 0.2) is 0 Å². The van der Waals surface area contributed by atoms with Gasteiger partial charge in [-0.25, -0.2) is 0 Å². The molecule has 0 atom stereocenters. The molecule has 2 rings (SSSR count).